The van der Waals surface area contributed by atoms with Gasteiger partial charge in [-0.3, -0.25) is 14.7 Å². The number of carbonyl (C=O) groups excluding carboxylic acids is 2. The van der Waals surface area contributed by atoms with Crippen molar-refractivity contribution in [2.24, 2.45) is 0 Å². The predicted octanol–water partition coefficient (Wildman–Crippen LogP) is 0.710. The van der Waals surface area contributed by atoms with Gasteiger partial charge in [-0.15, -0.1) is 0 Å². The maximum Gasteiger partial charge on any atom is 0.305 e. The van der Waals surface area contributed by atoms with Gasteiger partial charge in [0.1, 0.15) is 0 Å². The van der Waals surface area contributed by atoms with Gasteiger partial charge in [-0.25, -0.2) is 0 Å². The number of esters is 1. The van der Waals surface area contributed by atoms with Crippen LogP contribution in [0.3, 0.4) is 0 Å². The monoisotopic (exact) mass is 239 g/mol. The summed E-state index contributed by atoms with van der Waals surface area (Å²) in [4.78, 5) is 22.6. The summed E-state index contributed by atoms with van der Waals surface area (Å²) in [5, 5.41) is 9.44. The summed E-state index contributed by atoms with van der Waals surface area (Å²) in [6.07, 6.45) is 0.870. The highest BCUT2D eigenvalue weighted by atomic mass is 16.5. The Morgan fingerprint density at radius 1 is 1.41 bits per heavy atom. The van der Waals surface area contributed by atoms with Crippen molar-refractivity contribution in [3.05, 3.63) is 17.0 Å². The average Bonchev–Trinajstić information content (AvgIpc) is 2.64. The zero-order chi connectivity index (χ0) is 12.8. The molecule has 0 aliphatic rings. The molecule has 6 nitrogen and oxygen atoms in total. The summed E-state index contributed by atoms with van der Waals surface area (Å²) in [5.74, 6) is -0.437. The Bertz CT molecular complexity index is 393. The Morgan fingerprint density at radius 2 is 2.12 bits per heavy atom. The molecule has 0 atom stereocenters. The number of rotatable bonds is 5. The molecule has 1 amide bonds. The number of aromatic nitrogens is 2. The number of hydrogen-bond acceptors (Lipinski definition) is 4. The summed E-state index contributed by atoms with van der Waals surface area (Å²) in [6, 6.07) is 0. The van der Waals surface area contributed by atoms with Gasteiger partial charge in [0.15, 0.2) is 0 Å². The second-order valence-corrected chi connectivity index (χ2v) is 3.74. The first-order valence-electron chi connectivity index (χ1n) is 5.42. The molecule has 2 N–H and O–H groups in total. The topological polar surface area (TPSA) is 84.1 Å². The van der Waals surface area contributed by atoms with Gasteiger partial charge in [0.2, 0.25) is 0 Å². The van der Waals surface area contributed by atoms with Crippen LogP contribution >= 0.6 is 0 Å². The highest BCUT2D eigenvalue weighted by molar-refractivity contribution is 5.96. The molecule has 0 saturated carbocycles. The van der Waals surface area contributed by atoms with Crippen molar-refractivity contribution < 1.29 is 14.3 Å². The van der Waals surface area contributed by atoms with Crippen molar-refractivity contribution in [3.8, 4) is 0 Å². The molecule has 6 heteroatoms. The average molecular weight is 239 g/mol. The molecule has 0 fully saturated rings. The van der Waals surface area contributed by atoms with Crippen LogP contribution in [-0.4, -0.2) is 35.7 Å². The van der Waals surface area contributed by atoms with E-state index in [9.17, 15) is 9.59 Å². The third-order valence-corrected chi connectivity index (χ3v) is 2.43. The Morgan fingerprint density at radius 3 is 2.65 bits per heavy atom. The normalized spacial score (nSPS) is 10.1. The molecular weight excluding hydrogens is 222 g/mol. The highest BCUT2D eigenvalue weighted by Crippen LogP contribution is 2.08. The Labute approximate surface area is 99.7 Å². The van der Waals surface area contributed by atoms with E-state index in [0.29, 0.717) is 30.6 Å². The molecule has 94 valence electrons. The molecule has 0 aliphatic heterocycles. The molecule has 0 radical (unpaired) electrons. The zero-order valence-electron chi connectivity index (χ0n) is 10.3. The first-order chi connectivity index (χ1) is 8.06. The Kier molecular flexibility index (Phi) is 4.68. The van der Waals surface area contributed by atoms with Gasteiger partial charge < -0.3 is 10.1 Å². The van der Waals surface area contributed by atoms with Crippen molar-refractivity contribution in [2.75, 3.05) is 13.7 Å². The first-order valence-corrected chi connectivity index (χ1v) is 5.42. The zero-order valence-corrected chi connectivity index (χ0v) is 10.3. The third kappa shape index (κ3) is 3.58. The minimum Gasteiger partial charge on any atom is -0.469 e. The molecule has 0 bridgehead atoms. The van der Waals surface area contributed by atoms with Crippen LogP contribution in [0.2, 0.25) is 0 Å². The minimum atomic E-state index is -0.269. The lowest BCUT2D eigenvalue weighted by molar-refractivity contribution is -0.140. The fourth-order valence-corrected chi connectivity index (χ4v) is 1.51. The number of aromatic amines is 1. The van der Waals surface area contributed by atoms with E-state index in [2.05, 4.69) is 20.3 Å². The van der Waals surface area contributed by atoms with E-state index in [0.717, 1.165) is 5.69 Å². The van der Waals surface area contributed by atoms with Crippen LogP contribution in [0.25, 0.3) is 0 Å². The van der Waals surface area contributed by atoms with Gasteiger partial charge in [-0.2, -0.15) is 5.10 Å². The summed E-state index contributed by atoms with van der Waals surface area (Å²) < 4.78 is 4.50. The van der Waals surface area contributed by atoms with E-state index in [4.69, 9.17) is 0 Å². The number of nitrogens with zero attached hydrogens (tertiary/aromatic N) is 1. The Hall–Kier alpha value is -1.85. The number of carbonyl (C=O) groups is 2. The number of aryl methyl sites for hydroxylation is 2. The smallest absolute Gasteiger partial charge is 0.305 e. The molecule has 17 heavy (non-hydrogen) atoms. The summed E-state index contributed by atoms with van der Waals surface area (Å²) >= 11 is 0. The molecule has 0 aromatic carbocycles. The lowest BCUT2D eigenvalue weighted by atomic mass is 10.2. The number of hydrogen-bond donors (Lipinski definition) is 2. The van der Waals surface area contributed by atoms with Crippen molar-refractivity contribution in [1.29, 1.82) is 0 Å². The Balaban J connectivity index is 2.38. The van der Waals surface area contributed by atoms with E-state index in [1.165, 1.54) is 7.11 Å². The number of methoxy groups -OCH3 is 1. The van der Waals surface area contributed by atoms with E-state index in [1.807, 2.05) is 0 Å². The van der Waals surface area contributed by atoms with Crippen LogP contribution in [0, 0.1) is 13.8 Å². The standard InChI is InChI=1S/C11H17N3O3/c1-7-10(8(2)14-13-7)11(16)12-6-4-5-9(15)17-3/h4-6H2,1-3H3,(H,12,16)(H,13,14). The molecule has 1 aromatic heterocycles. The molecule has 0 spiro atoms. The van der Waals surface area contributed by atoms with Crippen LogP contribution < -0.4 is 5.32 Å². The molecule has 0 aliphatic carbocycles. The van der Waals surface area contributed by atoms with Crippen molar-refractivity contribution in [2.45, 2.75) is 26.7 Å². The maximum absolute atomic E-state index is 11.8. The third-order valence-electron chi connectivity index (χ3n) is 2.43. The van der Waals surface area contributed by atoms with E-state index < -0.39 is 0 Å². The number of ether oxygens (including phenoxy) is 1. The van der Waals surface area contributed by atoms with Crippen molar-refractivity contribution in [3.63, 3.8) is 0 Å². The molecule has 0 saturated heterocycles. The van der Waals surface area contributed by atoms with Gasteiger partial charge >= 0.3 is 5.97 Å². The van der Waals surface area contributed by atoms with Crippen LogP contribution in [-0.2, 0) is 9.53 Å². The maximum atomic E-state index is 11.8. The fourth-order valence-electron chi connectivity index (χ4n) is 1.51. The first kappa shape index (κ1) is 13.2. The highest BCUT2D eigenvalue weighted by Gasteiger charge is 2.14. The van der Waals surface area contributed by atoms with Crippen LogP contribution in [0.5, 0.6) is 0 Å². The summed E-state index contributed by atoms with van der Waals surface area (Å²) in [5.41, 5.74) is 1.99. The van der Waals surface area contributed by atoms with Gasteiger partial charge in [0.05, 0.1) is 18.4 Å². The van der Waals surface area contributed by atoms with Gasteiger partial charge in [0, 0.05) is 18.7 Å². The number of nitrogens with one attached hydrogen (secondary N) is 2. The summed E-state index contributed by atoms with van der Waals surface area (Å²) in [6.45, 7) is 4.01. The van der Waals surface area contributed by atoms with E-state index in [1.54, 1.807) is 13.8 Å². The van der Waals surface area contributed by atoms with E-state index >= 15 is 0 Å². The van der Waals surface area contributed by atoms with Crippen LogP contribution in [0.1, 0.15) is 34.6 Å². The van der Waals surface area contributed by atoms with Gasteiger partial charge in [0.25, 0.3) is 5.91 Å². The van der Waals surface area contributed by atoms with Gasteiger partial charge in [-0.1, -0.05) is 0 Å². The summed E-state index contributed by atoms with van der Waals surface area (Å²) in [7, 11) is 1.35. The number of H-pyrrole nitrogens is 1. The quantitative estimate of drug-likeness (QED) is 0.585. The van der Waals surface area contributed by atoms with Crippen LogP contribution in [0.4, 0.5) is 0 Å². The van der Waals surface area contributed by atoms with Crippen molar-refractivity contribution in [1.82, 2.24) is 15.5 Å². The lowest BCUT2D eigenvalue weighted by Crippen LogP contribution is -2.25. The van der Waals surface area contributed by atoms with Gasteiger partial charge in [-0.05, 0) is 20.3 Å². The number of amides is 1. The lowest BCUT2D eigenvalue weighted by Gasteiger charge is -2.04. The van der Waals surface area contributed by atoms with E-state index in [-0.39, 0.29) is 11.9 Å². The second-order valence-electron chi connectivity index (χ2n) is 3.74. The fraction of sp³-hybridized carbons (Fsp3) is 0.545. The van der Waals surface area contributed by atoms with Crippen molar-refractivity contribution >= 4 is 11.9 Å². The minimum absolute atomic E-state index is 0.168. The molecule has 1 heterocycles. The molecular formula is C11H17N3O3. The largest absolute Gasteiger partial charge is 0.469 e. The molecule has 1 rings (SSSR count). The predicted molar refractivity (Wildman–Crippen MR) is 61.6 cm³/mol. The second kappa shape index (κ2) is 6.03. The SMILES string of the molecule is COC(=O)CCCNC(=O)c1c(C)n[nH]c1C. The van der Waals surface area contributed by atoms with Crippen LogP contribution in [0.15, 0.2) is 0 Å². The molecule has 0 unspecified atom stereocenters. The molecule has 1 aromatic rings.